The van der Waals surface area contributed by atoms with Crippen LogP contribution in [-0.2, 0) is 6.54 Å². The zero-order chi connectivity index (χ0) is 22.1. The lowest BCUT2D eigenvalue weighted by molar-refractivity contribution is 0.241. The van der Waals surface area contributed by atoms with Gasteiger partial charge in [0, 0.05) is 35.9 Å². The van der Waals surface area contributed by atoms with Crippen LogP contribution in [0.1, 0.15) is 28.4 Å². The molecule has 0 spiro atoms. The SMILES string of the molecule is Cc1ncc(CN2CN(C)C(N3CC(c4ccccc4)C(c4ccc(Cl)cc4)=N3)=N2)cn1. The van der Waals surface area contributed by atoms with Gasteiger partial charge in [0.15, 0.2) is 0 Å². The van der Waals surface area contributed by atoms with E-state index in [2.05, 4.69) is 39.1 Å². The number of benzene rings is 2. The average Bonchev–Trinajstić information content (AvgIpc) is 3.40. The van der Waals surface area contributed by atoms with Crippen molar-refractivity contribution in [2.75, 3.05) is 20.3 Å². The first-order valence-electron chi connectivity index (χ1n) is 10.6. The summed E-state index contributed by atoms with van der Waals surface area (Å²) in [6.07, 6.45) is 3.71. The Morgan fingerprint density at radius 2 is 1.69 bits per heavy atom. The van der Waals surface area contributed by atoms with Crippen LogP contribution < -0.4 is 0 Å². The van der Waals surface area contributed by atoms with Gasteiger partial charge in [-0.1, -0.05) is 54.1 Å². The van der Waals surface area contributed by atoms with E-state index in [9.17, 15) is 0 Å². The standard InChI is InChI=1S/C24H24ClN7/c1-17-26-12-18(13-27-17)14-31-16-30(2)24(29-31)32-15-22(19-6-4-3-5-7-19)23(28-32)20-8-10-21(25)11-9-20/h3-13,22H,14-16H2,1-2H3. The first-order valence-corrected chi connectivity index (χ1v) is 10.9. The van der Waals surface area contributed by atoms with Crippen molar-refractivity contribution in [3.05, 3.63) is 94.5 Å². The van der Waals surface area contributed by atoms with Crippen molar-refractivity contribution in [1.82, 2.24) is 24.9 Å². The normalized spacial score (nSPS) is 18.2. The number of hydrogen-bond donors (Lipinski definition) is 0. The van der Waals surface area contributed by atoms with E-state index in [1.165, 1.54) is 5.56 Å². The molecule has 0 amide bonds. The minimum Gasteiger partial charge on any atom is -0.324 e. The maximum Gasteiger partial charge on any atom is 0.240 e. The van der Waals surface area contributed by atoms with E-state index in [0.29, 0.717) is 13.2 Å². The van der Waals surface area contributed by atoms with Crippen LogP contribution in [0.5, 0.6) is 0 Å². The van der Waals surface area contributed by atoms with Gasteiger partial charge >= 0.3 is 0 Å². The predicted octanol–water partition coefficient (Wildman–Crippen LogP) is 3.92. The van der Waals surface area contributed by atoms with Crippen molar-refractivity contribution in [1.29, 1.82) is 0 Å². The van der Waals surface area contributed by atoms with Crippen molar-refractivity contribution in [2.45, 2.75) is 19.4 Å². The summed E-state index contributed by atoms with van der Waals surface area (Å²) >= 11 is 6.12. The van der Waals surface area contributed by atoms with E-state index in [-0.39, 0.29) is 5.92 Å². The van der Waals surface area contributed by atoms with Crippen LogP contribution >= 0.6 is 11.6 Å². The van der Waals surface area contributed by atoms with Gasteiger partial charge < -0.3 is 4.90 Å². The Balaban J connectivity index is 1.43. The summed E-state index contributed by atoms with van der Waals surface area (Å²) in [6, 6.07) is 18.4. The molecule has 0 N–H and O–H groups in total. The van der Waals surface area contributed by atoms with Crippen LogP contribution in [0, 0.1) is 6.92 Å². The summed E-state index contributed by atoms with van der Waals surface area (Å²) in [4.78, 5) is 10.7. The molecular weight excluding hydrogens is 422 g/mol. The van der Waals surface area contributed by atoms with Gasteiger partial charge in [0.1, 0.15) is 12.5 Å². The van der Waals surface area contributed by atoms with E-state index in [0.717, 1.165) is 40.2 Å². The predicted molar refractivity (Wildman–Crippen MR) is 126 cm³/mol. The number of aromatic nitrogens is 2. The smallest absolute Gasteiger partial charge is 0.240 e. The van der Waals surface area contributed by atoms with E-state index in [4.69, 9.17) is 21.8 Å². The molecule has 1 unspecified atom stereocenters. The van der Waals surface area contributed by atoms with Crippen molar-refractivity contribution >= 4 is 23.3 Å². The maximum atomic E-state index is 6.12. The van der Waals surface area contributed by atoms with Crippen molar-refractivity contribution in [2.24, 2.45) is 10.2 Å². The van der Waals surface area contributed by atoms with E-state index >= 15 is 0 Å². The molecule has 2 aliphatic heterocycles. The third-order valence-electron chi connectivity index (χ3n) is 5.63. The molecule has 0 bridgehead atoms. The third-order valence-corrected chi connectivity index (χ3v) is 5.89. The van der Waals surface area contributed by atoms with Crippen LogP contribution in [-0.4, -0.2) is 56.8 Å². The van der Waals surface area contributed by atoms with E-state index < -0.39 is 0 Å². The van der Waals surface area contributed by atoms with Crippen LogP contribution in [0.3, 0.4) is 0 Å². The molecule has 1 atom stereocenters. The Morgan fingerprint density at radius 3 is 2.41 bits per heavy atom. The van der Waals surface area contributed by atoms with Crippen LogP contribution in [0.25, 0.3) is 0 Å². The molecule has 2 aliphatic rings. The lowest BCUT2D eigenvalue weighted by Gasteiger charge is -2.21. The molecule has 7 nitrogen and oxygen atoms in total. The zero-order valence-corrected chi connectivity index (χ0v) is 18.8. The highest BCUT2D eigenvalue weighted by molar-refractivity contribution is 6.30. The minimum atomic E-state index is 0.146. The minimum absolute atomic E-state index is 0.146. The first-order chi connectivity index (χ1) is 15.6. The van der Waals surface area contributed by atoms with Crippen molar-refractivity contribution in [3.63, 3.8) is 0 Å². The number of hydrazone groups is 2. The Labute approximate surface area is 192 Å². The topological polar surface area (TPSA) is 60.2 Å². The Bertz CT molecular complexity index is 1140. The molecule has 0 aliphatic carbocycles. The summed E-state index contributed by atoms with van der Waals surface area (Å²) in [7, 11) is 2.04. The Hall–Kier alpha value is -3.45. The van der Waals surface area contributed by atoms with Gasteiger partial charge in [-0.3, -0.25) is 5.01 Å². The zero-order valence-electron chi connectivity index (χ0n) is 18.1. The molecule has 0 radical (unpaired) electrons. The van der Waals surface area contributed by atoms with Gasteiger partial charge in [-0.15, -0.1) is 5.10 Å². The second-order valence-electron chi connectivity index (χ2n) is 8.08. The second kappa shape index (κ2) is 8.59. The summed E-state index contributed by atoms with van der Waals surface area (Å²) < 4.78 is 0. The van der Waals surface area contributed by atoms with Gasteiger partial charge in [-0.2, -0.15) is 5.10 Å². The largest absolute Gasteiger partial charge is 0.324 e. The number of nitrogens with zero attached hydrogens (tertiary/aromatic N) is 7. The molecule has 0 fully saturated rings. The molecule has 3 aromatic rings. The third kappa shape index (κ3) is 4.16. The summed E-state index contributed by atoms with van der Waals surface area (Å²) in [5, 5.41) is 14.6. The van der Waals surface area contributed by atoms with Gasteiger partial charge in [-0.25, -0.2) is 15.0 Å². The second-order valence-corrected chi connectivity index (χ2v) is 8.52. The molecule has 32 heavy (non-hydrogen) atoms. The fraction of sp³-hybridized carbons (Fsp3) is 0.250. The fourth-order valence-corrected chi connectivity index (χ4v) is 4.17. The lowest BCUT2D eigenvalue weighted by Crippen LogP contribution is -2.36. The number of rotatable bonds is 4. The highest BCUT2D eigenvalue weighted by Crippen LogP contribution is 2.30. The Morgan fingerprint density at radius 1 is 0.969 bits per heavy atom. The molecule has 0 saturated carbocycles. The summed E-state index contributed by atoms with van der Waals surface area (Å²) in [6.45, 7) is 3.95. The van der Waals surface area contributed by atoms with Crippen LogP contribution in [0.4, 0.5) is 0 Å². The number of hydrogen-bond acceptors (Lipinski definition) is 7. The number of guanidine groups is 1. The quantitative estimate of drug-likeness (QED) is 0.609. The van der Waals surface area contributed by atoms with Crippen LogP contribution in [0.15, 0.2) is 77.2 Å². The monoisotopic (exact) mass is 445 g/mol. The van der Waals surface area contributed by atoms with Crippen molar-refractivity contribution in [3.8, 4) is 0 Å². The van der Waals surface area contributed by atoms with Crippen molar-refractivity contribution < 1.29 is 0 Å². The summed E-state index contributed by atoms with van der Waals surface area (Å²) in [5.74, 6) is 1.75. The van der Waals surface area contributed by atoms with Gasteiger partial charge in [0.05, 0.1) is 18.8 Å². The van der Waals surface area contributed by atoms with Gasteiger partial charge in [0.2, 0.25) is 5.96 Å². The first kappa shape index (κ1) is 20.5. The van der Waals surface area contributed by atoms with E-state index in [1.807, 2.05) is 66.7 Å². The fourth-order valence-electron chi connectivity index (χ4n) is 4.04. The van der Waals surface area contributed by atoms with Gasteiger partial charge in [0.25, 0.3) is 0 Å². The maximum absolute atomic E-state index is 6.12. The Kier molecular flexibility index (Phi) is 5.49. The molecule has 8 heteroatoms. The molecule has 2 aromatic carbocycles. The lowest BCUT2D eigenvalue weighted by atomic mass is 9.91. The highest BCUT2D eigenvalue weighted by atomic mass is 35.5. The highest BCUT2D eigenvalue weighted by Gasteiger charge is 2.35. The molecule has 0 saturated heterocycles. The molecule has 5 rings (SSSR count). The van der Waals surface area contributed by atoms with Gasteiger partial charge in [-0.05, 0) is 30.2 Å². The molecule has 1 aromatic heterocycles. The molecule has 162 valence electrons. The molecular formula is C24H24ClN7. The van der Waals surface area contributed by atoms with Crippen LogP contribution in [0.2, 0.25) is 5.02 Å². The number of aryl methyl sites for hydroxylation is 1. The molecule has 3 heterocycles. The number of halogens is 1. The average molecular weight is 446 g/mol. The van der Waals surface area contributed by atoms with E-state index in [1.54, 1.807) is 0 Å². The summed E-state index contributed by atoms with van der Waals surface area (Å²) in [5.41, 5.74) is 4.36.